The van der Waals surface area contributed by atoms with E-state index in [0.29, 0.717) is 0 Å². The largest absolute Gasteiger partial charge is 0.363 e. The maximum Gasteiger partial charge on any atom is 0.173 e. The minimum absolute atomic E-state index is 0.140. The highest BCUT2D eigenvalue weighted by Crippen LogP contribution is 2.61. The summed E-state index contributed by atoms with van der Waals surface area (Å²) in [5.41, 5.74) is 6.56. The molecule has 0 amide bonds. The molecular formula is C39H33NO. The van der Waals surface area contributed by atoms with Crippen LogP contribution in [0.1, 0.15) is 40.9 Å². The van der Waals surface area contributed by atoms with Gasteiger partial charge in [-0.15, -0.1) is 0 Å². The lowest BCUT2D eigenvalue weighted by atomic mass is 9.57. The summed E-state index contributed by atoms with van der Waals surface area (Å²) < 4.78 is 0. The second kappa shape index (κ2) is 9.45. The lowest BCUT2D eigenvalue weighted by molar-refractivity contribution is 0.0885. The zero-order valence-corrected chi connectivity index (χ0v) is 23.7. The standard InChI is InChI=1S/C39H33NO/c1-38(2)34-24-23-29-19-13-14-22-32(29)36(34)40(3)39(38)26-31(27-15-7-4-8-16-27)25-33(28-17-9-5-10-18-28)35(39)37(41)30-20-11-6-12-21-30/h4-26,35H,1-3H3/t35-,39-/m0/s1. The maximum absolute atomic E-state index is 14.9. The van der Waals surface area contributed by atoms with Crippen LogP contribution in [0, 0.1) is 5.92 Å². The zero-order chi connectivity index (χ0) is 28.2. The number of Topliss-reactive ketones (excluding diaryl/α,β-unsaturated/α-hetero) is 1. The van der Waals surface area contributed by atoms with Crippen LogP contribution in [-0.4, -0.2) is 18.4 Å². The Morgan fingerprint density at radius 2 is 1.27 bits per heavy atom. The van der Waals surface area contributed by atoms with Crippen LogP contribution in [0.25, 0.3) is 21.9 Å². The first-order valence-electron chi connectivity index (χ1n) is 14.3. The van der Waals surface area contributed by atoms with Gasteiger partial charge in [-0.2, -0.15) is 0 Å². The van der Waals surface area contributed by atoms with Crippen LogP contribution in [0.5, 0.6) is 0 Å². The third kappa shape index (κ3) is 3.67. The minimum atomic E-state index is -0.669. The quantitative estimate of drug-likeness (QED) is 0.216. The van der Waals surface area contributed by atoms with Crippen LogP contribution in [0.15, 0.2) is 140 Å². The van der Waals surface area contributed by atoms with Crippen LogP contribution >= 0.6 is 0 Å². The van der Waals surface area contributed by atoms with E-state index in [1.165, 1.54) is 22.0 Å². The Labute approximate surface area is 242 Å². The van der Waals surface area contributed by atoms with Gasteiger partial charge >= 0.3 is 0 Å². The molecule has 1 aliphatic carbocycles. The van der Waals surface area contributed by atoms with Crippen LogP contribution in [-0.2, 0) is 5.41 Å². The zero-order valence-electron chi connectivity index (χ0n) is 23.7. The Balaban J connectivity index is 1.58. The molecule has 1 aliphatic heterocycles. The highest BCUT2D eigenvalue weighted by Gasteiger charge is 2.62. The smallest absolute Gasteiger partial charge is 0.173 e. The highest BCUT2D eigenvalue weighted by molar-refractivity contribution is 6.11. The Bertz CT molecular complexity index is 1830. The molecule has 5 aromatic rings. The number of carbonyl (C=O) groups is 1. The van der Waals surface area contributed by atoms with Gasteiger partial charge in [-0.1, -0.05) is 141 Å². The number of allylic oxidation sites excluding steroid dienone is 2. The summed E-state index contributed by atoms with van der Waals surface area (Å²) in [5.74, 6) is -0.299. The highest BCUT2D eigenvalue weighted by atomic mass is 16.1. The average molecular weight is 532 g/mol. The molecule has 41 heavy (non-hydrogen) atoms. The predicted octanol–water partition coefficient (Wildman–Crippen LogP) is 8.99. The summed E-state index contributed by atoms with van der Waals surface area (Å²) in [6.45, 7) is 4.64. The first-order valence-corrected chi connectivity index (χ1v) is 14.3. The first kappa shape index (κ1) is 25.3. The predicted molar refractivity (Wildman–Crippen MR) is 171 cm³/mol. The molecule has 0 N–H and O–H groups in total. The van der Waals surface area contributed by atoms with Crippen molar-refractivity contribution in [3.05, 3.63) is 162 Å². The van der Waals surface area contributed by atoms with Crippen LogP contribution < -0.4 is 4.90 Å². The molecule has 2 heteroatoms. The summed E-state index contributed by atoms with van der Waals surface area (Å²) in [6, 6.07) is 44.0. The van der Waals surface area contributed by atoms with Gasteiger partial charge < -0.3 is 4.90 Å². The minimum Gasteiger partial charge on any atom is -0.363 e. The van der Waals surface area contributed by atoms with Gasteiger partial charge in [0.15, 0.2) is 5.78 Å². The lowest BCUT2D eigenvalue weighted by Crippen LogP contribution is -2.61. The number of benzene rings is 5. The average Bonchev–Trinajstić information content (AvgIpc) is 3.19. The molecule has 7 rings (SSSR count). The second-order valence-electron chi connectivity index (χ2n) is 11.8. The molecule has 0 fully saturated rings. The summed E-state index contributed by atoms with van der Waals surface area (Å²) in [7, 11) is 2.19. The Kier molecular flexibility index (Phi) is 5.83. The van der Waals surface area contributed by atoms with Crippen molar-refractivity contribution in [3.63, 3.8) is 0 Å². The second-order valence-corrected chi connectivity index (χ2v) is 11.8. The molecule has 2 atom stereocenters. The molecule has 200 valence electrons. The monoisotopic (exact) mass is 531 g/mol. The third-order valence-electron chi connectivity index (χ3n) is 9.44. The number of likely N-dealkylation sites (N-methyl/N-ethyl adjacent to an activating group) is 1. The fourth-order valence-corrected chi connectivity index (χ4v) is 7.41. The van der Waals surface area contributed by atoms with Crippen LogP contribution in [0.3, 0.4) is 0 Å². The Morgan fingerprint density at radius 3 is 1.95 bits per heavy atom. The molecule has 0 aromatic heterocycles. The molecule has 2 nitrogen and oxygen atoms in total. The summed E-state index contributed by atoms with van der Waals surface area (Å²) in [5, 5.41) is 2.42. The summed E-state index contributed by atoms with van der Waals surface area (Å²) in [6.07, 6.45) is 4.65. The molecule has 0 radical (unpaired) electrons. The van der Waals surface area contributed by atoms with E-state index in [4.69, 9.17) is 0 Å². The van der Waals surface area contributed by atoms with Gasteiger partial charge in [0.25, 0.3) is 0 Å². The van der Waals surface area contributed by atoms with Gasteiger partial charge in [-0.05, 0) is 45.4 Å². The van der Waals surface area contributed by atoms with Gasteiger partial charge in [-0.3, -0.25) is 4.79 Å². The van der Waals surface area contributed by atoms with Crippen LogP contribution in [0.2, 0.25) is 0 Å². The van der Waals surface area contributed by atoms with Crippen molar-refractivity contribution < 1.29 is 4.79 Å². The topological polar surface area (TPSA) is 20.3 Å². The molecular weight excluding hydrogens is 498 g/mol. The van der Waals surface area contributed by atoms with Gasteiger partial charge in [0.1, 0.15) is 0 Å². The molecule has 0 unspecified atom stereocenters. The Morgan fingerprint density at radius 1 is 0.683 bits per heavy atom. The van der Waals surface area contributed by atoms with Crippen molar-refractivity contribution in [1.29, 1.82) is 0 Å². The van der Waals surface area contributed by atoms with E-state index in [2.05, 4.69) is 129 Å². The molecule has 5 aromatic carbocycles. The van der Waals surface area contributed by atoms with E-state index in [1.54, 1.807) is 0 Å². The van der Waals surface area contributed by atoms with Crippen molar-refractivity contribution >= 4 is 33.4 Å². The SMILES string of the molecule is CN1c2c(ccc3ccccc23)C(C)(C)[C@@]12C=C(c1ccccc1)C=C(c1ccccc1)[C@H]2C(=O)c1ccccc1. The fraction of sp³-hybridized carbons (Fsp3) is 0.154. The number of hydrogen-bond donors (Lipinski definition) is 0. The van der Waals surface area contributed by atoms with E-state index < -0.39 is 16.9 Å². The maximum atomic E-state index is 14.9. The summed E-state index contributed by atoms with van der Waals surface area (Å²) >= 11 is 0. The van der Waals surface area contributed by atoms with E-state index in [9.17, 15) is 4.79 Å². The van der Waals surface area contributed by atoms with Crippen molar-refractivity contribution in [2.75, 3.05) is 11.9 Å². The number of ketones is 1. The molecule has 0 bridgehead atoms. The molecule has 1 heterocycles. The van der Waals surface area contributed by atoms with Crippen molar-refractivity contribution in [2.24, 2.45) is 5.92 Å². The number of rotatable bonds is 4. The molecule has 2 aliphatic rings. The van der Waals surface area contributed by atoms with E-state index in [0.717, 1.165) is 27.8 Å². The van der Waals surface area contributed by atoms with Crippen molar-refractivity contribution in [2.45, 2.75) is 24.8 Å². The molecule has 0 saturated carbocycles. The number of nitrogens with zero attached hydrogens (tertiary/aromatic N) is 1. The van der Waals surface area contributed by atoms with Gasteiger partial charge in [0.05, 0.1) is 11.5 Å². The number of anilines is 1. The number of carbonyl (C=O) groups excluding carboxylic acids is 1. The summed E-state index contributed by atoms with van der Waals surface area (Å²) in [4.78, 5) is 17.4. The normalized spacial score (nSPS) is 21.0. The lowest BCUT2D eigenvalue weighted by Gasteiger charge is -2.52. The number of fused-ring (bicyclic) bond motifs is 3. The van der Waals surface area contributed by atoms with Gasteiger partial charge in [0, 0.05) is 29.1 Å². The molecule has 1 spiro atoms. The third-order valence-corrected chi connectivity index (χ3v) is 9.44. The van der Waals surface area contributed by atoms with Gasteiger partial charge in [0.2, 0.25) is 0 Å². The van der Waals surface area contributed by atoms with E-state index >= 15 is 0 Å². The first-order chi connectivity index (χ1) is 19.9. The number of hydrogen-bond acceptors (Lipinski definition) is 2. The molecule has 0 saturated heterocycles. The van der Waals surface area contributed by atoms with Gasteiger partial charge in [-0.25, -0.2) is 0 Å². The fourth-order valence-electron chi connectivity index (χ4n) is 7.41. The van der Waals surface area contributed by atoms with Crippen molar-refractivity contribution in [3.8, 4) is 0 Å². The Hall–Kier alpha value is -4.69. The van der Waals surface area contributed by atoms with E-state index in [1.807, 2.05) is 36.4 Å². The van der Waals surface area contributed by atoms with Crippen molar-refractivity contribution in [1.82, 2.24) is 0 Å². The van der Waals surface area contributed by atoms with Crippen LogP contribution in [0.4, 0.5) is 5.69 Å². The van der Waals surface area contributed by atoms with E-state index in [-0.39, 0.29) is 5.78 Å².